The van der Waals surface area contributed by atoms with E-state index in [-0.39, 0.29) is 11.7 Å². The number of fused-ring (bicyclic) bond motifs is 1. The number of halogens is 1. The molecule has 1 amide bonds. The minimum absolute atomic E-state index is 0.237. The average molecular weight is 425 g/mol. The van der Waals surface area contributed by atoms with Gasteiger partial charge in [0.2, 0.25) is 0 Å². The van der Waals surface area contributed by atoms with Crippen LogP contribution in [0.25, 0.3) is 22.5 Å². The highest BCUT2D eigenvalue weighted by atomic mass is 19.1. The van der Waals surface area contributed by atoms with E-state index in [2.05, 4.69) is 21.5 Å². The van der Waals surface area contributed by atoms with Gasteiger partial charge >= 0.3 is 0 Å². The van der Waals surface area contributed by atoms with E-state index in [4.69, 9.17) is 0 Å². The van der Waals surface area contributed by atoms with E-state index in [1.807, 2.05) is 47.0 Å². The molecule has 0 unspecified atom stereocenters. The first kappa shape index (κ1) is 19.7. The zero-order valence-electron chi connectivity index (χ0n) is 17.1. The van der Waals surface area contributed by atoms with Gasteiger partial charge in [0, 0.05) is 30.7 Å². The minimum atomic E-state index is -0.279. The molecular formula is C25H20FN5O. The maximum absolute atomic E-state index is 13.3. The normalized spacial score (nSPS) is 11.0. The van der Waals surface area contributed by atoms with E-state index in [9.17, 15) is 9.18 Å². The molecule has 1 N–H and O–H groups in total. The van der Waals surface area contributed by atoms with Crippen molar-refractivity contribution in [3.8, 4) is 16.9 Å². The predicted octanol–water partition coefficient (Wildman–Crippen LogP) is 4.30. The van der Waals surface area contributed by atoms with E-state index in [1.54, 1.807) is 35.4 Å². The molecule has 32 heavy (non-hydrogen) atoms. The first-order chi connectivity index (χ1) is 15.7. The van der Waals surface area contributed by atoms with Crippen LogP contribution >= 0.6 is 0 Å². The van der Waals surface area contributed by atoms with Crippen LogP contribution in [-0.4, -0.2) is 31.6 Å². The summed E-state index contributed by atoms with van der Waals surface area (Å²) in [5.41, 5.74) is 4.34. The van der Waals surface area contributed by atoms with Crippen LogP contribution in [0.3, 0.4) is 0 Å². The molecule has 0 spiro atoms. The van der Waals surface area contributed by atoms with Gasteiger partial charge in [-0.1, -0.05) is 18.2 Å². The highest BCUT2D eigenvalue weighted by Crippen LogP contribution is 2.23. The highest BCUT2D eigenvalue weighted by molar-refractivity contribution is 5.93. The predicted molar refractivity (Wildman–Crippen MR) is 120 cm³/mol. The van der Waals surface area contributed by atoms with Crippen LogP contribution in [0.1, 0.15) is 16.1 Å². The Labute approximate surface area is 184 Å². The van der Waals surface area contributed by atoms with Crippen molar-refractivity contribution in [3.63, 3.8) is 0 Å². The van der Waals surface area contributed by atoms with Crippen LogP contribution in [0.4, 0.5) is 4.39 Å². The molecule has 0 saturated heterocycles. The largest absolute Gasteiger partial charge is 0.350 e. The number of hydrogen-bond acceptors (Lipinski definition) is 3. The maximum Gasteiger partial charge on any atom is 0.270 e. The van der Waals surface area contributed by atoms with Crippen molar-refractivity contribution in [2.24, 2.45) is 0 Å². The summed E-state index contributed by atoms with van der Waals surface area (Å²) in [6, 6.07) is 20.0. The molecule has 1 aromatic carbocycles. The molecule has 0 saturated carbocycles. The molecule has 5 rings (SSSR count). The van der Waals surface area contributed by atoms with E-state index in [1.165, 1.54) is 12.1 Å². The number of aromatic nitrogens is 4. The second kappa shape index (κ2) is 8.47. The number of hydrogen-bond donors (Lipinski definition) is 1. The van der Waals surface area contributed by atoms with Gasteiger partial charge in [0.05, 0.1) is 6.20 Å². The van der Waals surface area contributed by atoms with Crippen molar-refractivity contribution in [2.75, 3.05) is 6.54 Å². The van der Waals surface area contributed by atoms with Crippen LogP contribution in [-0.2, 0) is 6.42 Å². The van der Waals surface area contributed by atoms with E-state index in [0.29, 0.717) is 18.7 Å². The molecule has 158 valence electrons. The Kier molecular flexibility index (Phi) is 5.21. The molecule has 4 aromatic heterocycles. The molecular weight excluding hydrogens is 405 g/mol. The van der Waals surface area contributed by atoms with Crippen molar-refractivity contribution in [1.82, 2.24) is 24.5 Å². The smallest absolute Gasteiger partial charge is 0.270 e. The lowest BCUT2D eigenvalue weighted by Crippen LogP contribution is -2.28. The van der Waals surface area contributed by atoms with Crippen molar-refractivity contribution in [2.45, 2.75) is 6.42 Å². The molecule has 0 bridgehead atoms. The van der Waals surface area contributed by atoms with Gasteiger partial charge in [0.25, 0.3) is 5.91 Å². The summed E-state index contributed by atoms with van der Waals surface area (Å²) in [4.78, 5) is 16.9. The molecule has 7 heteroatoms. The fourth-order valence-corrected chi connectivity index (χ4v) is 3.74. The fraction of sp³-hybridized carbons (Fsp3) is 0.0800. The Balaban J connectivity index is 1.39. The van der Waals surface area contributed by atoms with Crippen LogP contribution < -0.4 is 5.32 Å². The second-order valence-electron chi connectivity index (χ2n) is 7.40. The fourth-order valence-electron chi connectivity index (χ4n) is 3.74. The average Bonchev–Trinajstić information content (AvgIpc) is 3.46. The number of pyridine rings is 2. The van der Waals surface area contributed by atoms with Gasteiger partial charge in [-0.2, -0.15) is 5.10 Å². The molecule has 5 aromatic rings. The highest BCUT2D eigenvalue weighted by Gasteiger charge is 2.16. The van der Waals surface area contributed by atoms with Crippen molar-refractivity contribution in [1.29, 1.82) is 0 Å². The topological polar surface area (TPSA) is 64.2 Å². The third kappa shape index (κ3) is 3.88. The summed E-state index contributed by atoms with van der Waals surface area (Å²) >= 11 is 0. The van der Waals surface area contributed by atoms with Crippen molar-refractivity contribution >= 4 is 11.4 Å². The Bertz CT molecular complexity index is 1390. The Morgan fingerprint density at radius 1 is 0.938 bits per heavy atom. The van der Waals surface area contributed by atoms with Gasteiger partial charge < -0.3 is 9.72 Å². The summed E-state index contributed by atoms with van der Waals surface area (Å²) in [7, 11) is 0. The monoisotopic (exact) mass is 425 g/mol. The number of benzene rings is 1. The van der Waals surface area contributed by atoms with Gasteiger partial charge in [-0.3, -0.25) is 9.78 Å². The van der Waals surface area contributed by atoms with E-state index in [0.717, 1.165) is 28.0 Å². The molecule has 0 aliphatic carbocycles. The summed E-state index contributed by atoms with van der Waals surface area (Å²) < 4.78 is 17.0. The van der Waals surface area contributed by atoms with Crippen molar-refractivity contribution in [3.05, 3.63) is 109 Å². The molecule has 4 heterocycles. The van der Waals surface area contributed by atoms with Crippen LogP contribution in [0, 0.1) is 5.82 Å². The standard InChI is InChI=1S/C25H20FN5O/c26-21-3-1-2-18(16-21)8-14-28-25(32)23-11-15-29-31(23)24-7-6-22-5-4-20(17-30(22)24)19-9-12-27-13-10-19/h1-7,9-13,15-17H,8,14H2,(H,28,32). The Morgan fingerprint density at radius 2 is 1.78 bits per heavy atom. The summed E-state index contributed by atoms with van der Waals surface area (Å²) in [6.07, 6.45) is 7.69. The van der Waals surface area contributed by atoms with E-state index >= 15 is 0 Å². The summed E-state index contributed by atoms with van der Waals surface area (Å²) in [5, 5.41) is 7.29. The molecule has 0 aliphatic heterocycles. The summed E-state index contributed by atoms with van der Waals surface area (Å²) in [6.45, 7) is 0.397. The third-order valence-electron chi connectivity index (χ3n) is 5.32. The first-order valence-corrected chi connectivity index (χ1v) is 10.3. The van der Waals surface area contributed by atoms with Gasteiger partial charge in [-0.05, 0) is 71.6 Å². The second-order valence-corrected chi connectivity index (χ2v) is 7.40. The van der Waals surface area contributed by atoms with Crippen LogP contribution in [0.2, 0.25) is 0 Å². The maximum atomic E-state index is 13.3. The summed E-state index contributed by atoms with van der Waals surface area (Å²) in [5.74, 6) is 0.244. The number of carbonyl (C=O) groups is 1. The minimum Gasteiger partial charge on any atom is -0.350 e. The molecule has 0 radical (unpaired) electrons. The quantitative estimate of drug-likeness (QED) is 0.441. The lowest BCUT2D eigenvalue weighted by atomic mass is 10.1. The van der Waals surface area contributed by atoms with Gasteiger partial charge in [-0.15, -0.1) is 0 Å². The Morgan fingerprint density at radius 3 is 2.62 bits per heavy atom. The Hall–Kier alpha value is -4.26. The number of nitrogens with zero attached hydrogens (tertiary/aromatic N) is 4. The number of rotatable bonds is 6. The molecule has 0 aliphatic rings. The van der Waals surface area contributed by atoms with Crippen LogP contribution in [0.15, 0.2) is 91.5 Å². The SMILES string of the molecule is O=C(NCCc1cccc(F)c1)c1ccnn1-c1ccc2ccc(-c3ccncc3)cn12. The molecule has 0 fully saturated rings. The molecule has 0 atom stereocenters. The van der Waals surface area contributed by atoms with Gasteiger partial charge in [0.1, 0.15) is 17.3 Å². The van der Waals surface area contributed by atoms with Gasteiger partial charge in [0.15, 0.2) is 0 Å². The zero-order chi connectivity index (χ0) is 21.9. The lowest BCUT2D eigenvalue weighted by Gasteiger charge is -2.10. The number of carbonyl (C=O) groups excluding carboxylic acids is 1. The number of amides is 1. The lowest BCUT2D eigenvalue weighted by molar-refractivity contribution is 0.0946. The van der Waals surface area contributed by atoms with E-state index < -0.39 is 0 Å². The molecule has 6 nitrogen and oxygen atoms in total. The van der Waals surface area contributed by atoms with Crippen molar-refractivity contribution < 1.29 is 9.18 Å². The third-order valence-corrected chi connectivity index (χ3v) is 5.32. The first-order valence-electron chi connectivity index (χ1n) is 10.3. The number of nitrogens with one attached hydrogen (secondary N) is 1. The van der Waals surface area contributed by atoms with Crippen LogP contribution in [0.5, 0.6) is 0 Å². The van der Waals surface area contributed by atoms with Gasteiger partial charge in [-0.25, -0.2) is 9.07 Å². The zero-order valence-corrected chi connectivity index (χ0v) is 17.1.